The van der Waals surface area contributed by atoms with Gasteiger partial charge in [0.2, 0.25) is 5.88 Å². The number of benzene rings is 2. The van der Waals surface area contributed by atoms with E-state index in [1.54, 1.807) is 19.1 Å². The Morgan fingerprint density at radius 2 is 1.81 bits per heavy atom. The van der Waals surface area contributed by atoms with Gasteiger partial charge in [-0.05, 0) is 67.6 Å². The summed E-state index contributed by atoms with van der Waals surface area (Å²) in [6, 6.07) is 16.0. The standard InChI is InChI=1S/C23H23ClN2O4S/c1-16-19(24)10-6-12-22(16)31(27,28)26-21-15-17-7-5-11-20(17)25-23(21)30-14-13-29-18-8-3-2-4-9-18/h2-4,6,8-10,12,15,26H,5,7,11,13-14H2,1H3. The third kappa shape index (κ3) is 4.94. The Morgan fingerprint density at radius 3 is 2.61 bits per heavy atom. The fourth-order valence-corrected chi connectivity index (χ4v) is 5.08. The Labute approximate surface area is 187 Å². The topological polar surface area (TPSA) is 77.5 Å². The van der Waals surface area contributed by atoms with E-state index in [4.69, 9.17) is 21.1 Å². The molecule has 3 aromatic rings. The highest BCUT2D eigenvalue weighted by atomic mass is 35.5. The van der Waals surface area contributed by atoms with Crippen LogP contribution in [-0.4, -0.2) is 26.6 Å². The number of rotatable bonds is 8. The molecule has 0 fully saturated rings. The van der Waals surface area contributed by atoms with Gasteiger partial charge >= 0.3 is 0 Å². The first-order chi connectivity index (χ1) is 14.9. The number of anilines is 1. The molecular formula is C23H23ClN2O4S. The molecule has 8 heteroatoms. The predicted octanol–water partition coefficient (Wildman–Crippen LogP) is 4.79. The molecule has 0 unspecified atom stereocenters. The number of sulfonamides is 1. The smallest absolute Gasteiger partial charge is 0.262 e. The van der Waals surface area contributed by atoms with E-state index in [-0.39, 0.29) is 17.4 Å². The fraction of sp³-hybridized carbons (Fsp3) is 0.261. The number of aromatic nitrogens is 1. The Morgan fingerprint density at radius 1 is 1.03 bits per heavy atom. The van der Waals surface area contributed by atoms with Gasteiger partial charge in [0.25, 0.3) is 10.0 Å². The fourth-order valence-electron chi connectivity index (χ4n) is 3.53. The third-order valence-electron chi connectivity index (χ3n) is 5.10. The van der Waals surface area contributed by atoms with E-state index in [1.165, 1.54) is 6.07 Å². The molecular weight excluding hydrogens is 436 g/mol. The van der Waals surface area contributed by atoms with Gasteiger partial charge in [-0.1, -0.05) is 35.9 Å². The minimum absolute atomic E-state index is 0.124. The Kier molecular flexibility index (Phi) is 6.34. The molecule has 0 atom stereocenters. The molecule has 4 rings (SSSR count). The summed E-state index contributed by atoms with van der Waals surface area (Å²) in [5.41, 5.74) is 2.79. The normalized spacial score (nSPS) is 13.0. The van der Waals surface area contributed by atoms with E-state index in [9.17, 15) is 8.42 Å². The summed E-state index contributed by atoms with van der Waals surface area (Å²) < 4.78 is 40.3. The van der Waals surface area contributed by atoms with Crippen LogP contribution in [0.2, 0.25) is 5.02 Å². The van der Waals surface area contributed by atoms with Crippen LogP contribution in [0, 0.1) is 6.92 Å². The number of nitrogens with zero attached hydrogens (tertiary/aromatic N) is 1. The lowest BCUT2D eigenvalue weighted by Gasteiger charge is -2.16. The number of halogens is 1. The van der Waals surface area contributed by atoms with Gasteiger partial charge < -0.3 is 9.47 Å². The second-order valence-electron chi connectivity index (χ2n) is 7.28. The molecule has 1 heterocycles. The minimum Gasteiger partial charge on any atom is -0.490 e. The van der Waals surface area contributed by atoms with E-state index in [1.807, 2.05) is 36.4 Å². The van der Waals surface area contributed by atoms with Gasteiger partial charge in [0.05, 0.1) is 4.90 Å². The van der Waals surface area contributed by atoms with E-state index in [2.05, 4.69) is 9.71 Å². The maximum Gasteiger partial charge on any atom is 0.262 e. The number of pyridine rings is 1. The van der Waals surface area contributed by atoms with Crippen molar-refractivity contribution in [2.75, 3.05) is 17.9 Å². The van der Waals surface area contributed by atoms with Gasteiger partial charge in [0, 0.05) is 10.7 Å². The summed E-state index contributed by atoms with van der Waals surface area (Å²) >= 11 is 6.12. The first-order valence-corrected chi connectivity index (χ1v) is 11.9. The summed E-state index contributed by atoms with van der Waals surface area (Å²) in [5.74, 6) is 0.992. The first-order valence-electron chi connectivity index (χ1n) is 10.1. The number of fused-ring (bicyclic) bond motifs is 1. The Hall–Kier alpha value is -2.77. The molecule has 0 bridgehead atoms. The van der Waals surface area contributed by atoms with Crippen LogP contribution in [0.1, 0.15) is 23.2 Å². The summed E-state index contributed by atoms with van der Waals surface area (Å²) in [4.78, 5) is 4.71. The third-order valence-corrected chi connectivity index (χ3v) is 7.02. The van der Waals surface area contributed by atoms with Gasteiger partial charge in [0.15, 0.2) is 0 Å². The highest BCUT2D eigenvalue weighted by Gasteiger charge is 2.23. The number of para-hydroxylation sites is 1. The van der Waals surface area contributed by atoms with Crippen LogP contribution in [0.25, 0.3) is 0 Å². The van der Waals surface area contributed by atoms with Crippen molar-refractivity contribution in [3.8, 4) is 11.6 Å². The van der Waals surface area contributed by atoms with Crippen LogP contribution < -0.4 is 14.2 Å². The zero-order chi connectivity index (χ0) is 21.8. The van der Waals surface area contributed by atoms with Gasteiger partial charge in [-0.15, -0.1) is 0 Å². The second-order valence-corrected chi connectivity index (χ2v) is 9.34. The molecule has 162 valence electrons. The monoisotopic (exact) mass is 458 g/mol. The van der Waals surface area contributed by atoms with Crippen molar-refractivity contribution in [3.05, 3.63) is 76.4 Å². The maximum atomic E-state index is 13.1. The molecule has 0 spiro atoms. The zero-order valence-corrected chi connectivity index (χ0v) is 18.7. The Bertz CT molecular complexity index is 1180. The lowest BCUT2D eigenvalue weighted by molar-refractivity contribution is 0.212. The van der Waals surface area contributed by atoms with E-state index in [0.29, 0.717) is 22.9 Å². The molecule has 1 aromatic heterocycles. The van der Waals surface area contributed by atoms with Gasteiger partial charge in [-0.25, -0.2) is 13.4 Å². The average molecular weight is 459 g/mol. The molecule has 0 aliphatic heterocycles. The van der Waals surface area contributed by atoms with E-state index < -0.39 is 10.0 Å². The number of ether oxygens (including phenoxy) is 2. The number of nitrogens with one attached hydrogen (secondary N) is 1. The van der Waals surface area contributed by atoms with Crippen molar-refractivity contribution in [2.45, 2.75) is 31.1 Å². The number of hydrogen-bond acceptors (Lipinski definition) is 5. The van der Waals surface area contributed by atoms with Crippen LogP contribution in [0.5, 0.6) is 11.6 Å². The number of aryl methyl sites for hydroxylation is 2. The maximum absolute atomic E-state index is 13.1. The molecule has 1 N–H and O–H groups in total. The first kappa shape index (κ1) is 21.5. The van der Waals surface area contributed by atoms with E-state index >= 15 is 0 Å². The lowest BCUT2D eigenvalue weighted by atomic mass is 10.2. The van der Waals surface area contributed by atoms with Crippen molar-refractivity contribution in [1.29, 1.82) is 0 Å². The van der Waals surface area contributed by atoms with Crippen LogP contribution in [0.4, 0.5) is 5.69 Å². The molecule has 1 aliphatic carbocycles. The summed E-state index contributed by atoms with van der Waals surface area (Å²) in [7, 11) is -3.87. The highest BCUT2D eigenvalue weighted by molar-refractivity contribution is 7.92. The molecule has 0 radical (unpaired) electrons. The lowest BCUT2D eigenvalue weighted by Crippen LogP contribution is -2.17. The highest BCUT2D eigenvalue weighted by Crippen LogP contribution is 2.33. The van der Waals surface area contributed by atoms with E-state index in [0.717, 1.165) is 36.3 Å². The van der Waals surface area contributed by atoms with Crippen molar-refractivity contribution in [3.63, 3.8) is 0 Å². The Balaban J connectivity index is 1.54. The van der Waals surface area contributed by atoms with Crippen molar-refractivity contribution >= 4 is 27.3 Å². The zero-order valence-electron chi connectivity index (χ0n) is 17.1. The van der Waals surface area contributed by atoms with Crippen LogP contribution in [0.15, 0.2) is 59.5 Å². The number of hydrogen-bond donors (Lipinski definition) is 1. The summed E-state index contributed by atoms with van der Waals surface area (Å²) in [5, 5.41) is 0.393. The molecule has 1 aliphatic rings. The predicted molar refractivity (Wildman–Crippen MR) is 121 cm³/mol. The molecule has 2 aromatic carbocycles. The molecule has 0 saturated carbocycles. The second kappa shape index (κ2) is 9.16. The van der Waals surface area contributed by atoms with Crippen LogP contribution >= 0.6 is 11.6 Å². The summed E-state index contributed by atoms with van der Waals surface area (Å²) in [6.07, 6.45) is 2.71. The molecule has 31 heavy (non-hydrogen) atoms. The van der Waals surface area contributed by atoms with Crippen molar-refractivity contribution in [1.82, 2.24) is 4.98 Å². The van der Waals surface area contributed by atoms with Crippen LogP contribution in [-0.2, 0) is 22.9 Å². The van der Waals surface area contributed by atoms with Gasteiger partial charge in [-0.2, -0.15) is 0 Å². The quantitative estimate of drug-likeness (QED) is 0.491. The average Bonchev–Trinajstić information content (AvgIpc) is 3.20. The largest absolute Gasteiger partial charge is 0.490 e. The summed E-state index contributed by atoms with van der Waals surface area (Å²) in [6.45, 7) is 2.21. The SMILES string of the molecule is Cc1c(Cl)cccc1S(=O)(=O)Nc1cc2c(nc1OCCOc1ccccc1)CCC2. The molecule has 0 saturated heterocycles. The molecule has 0 amide bonds. The van der Waals surface area contributed by atoms with Crippen LogP contribution in [0.3, 0.4) is 0 Å². The van der Waals surface area contributed by atoms with Gasteiger partial charge in [-0.3, -0.25) is 4.72 Å². The van der Waals surface area contributed by atoms with Crippen molar-refractivity contribution < 1.29 is 17.9 Å². The van der Waals surface area contributed by atoms with Crippen molar-refractivity contribution in [2.24, 2.45) is 0 Å². The minimum atomic E-state index is -3.87. The van der Waals surface area contributed by atoms with Gasteiger partial charge in [0.1, 0.15) is 24.7 Å². The molecule has 6 nitrogen and oxygen atoms in total.